The van der Waals surface area contributed by atoms with Crippen LogP contribution in [0.1, 0.15) is 99.5 Å². The van der Waals surface area contributed by atoms with Crippen LogP contribution in [0, 0.1) is 17.8 Å². The van der Waals surface area contributed by atoms with E-state index in [0.717, 1.165) is 49.1 Å². The zero-order valence-corrected chi connectivity index (χ0v) is 19.5. The monoisotopic (exact) mass is 438 g/mol. The zero-order valence-electron chi connectivity index (χ0n) is 19.5. The van der Waals surface area contributed by atoms with Crippen LogP contribution in [0.25, 0.3) is 0 Å². The number of nitrogens with zero attached hydrogens (tertiary/aromatic N) is 4. The van der Waals surface area contributed by atoms with E-state index < -0.39 is 0 Å². The molecular weight excluding hydrogens is 404 g/mol. The predicted molar refractivity (Wildman–Crippen MR) is 121 cm³/mol. The average Bonchev–Trinajstić information content (AvgIpc) is 3.36. The van der Waals surface area contributed by atoms with Gasteiger partial charge in [-0.2, -0.15) is 5.10 Å². The van der Waals surface area contributed by atoms with Crippen molar-refractivity contribution >= 4 is 17.6 Å². The summed E-state index contributed by atoms with van der Waals surface area (Å²) in [5, 5.41) is 5.05. The third kappa shape index (κ3) is 4.20. The Morgan fingerprint density at radius 3 is 2.53 bits per heavy atom. The third-order valence-electron chi connectivity index (χ3n) is 7.23. The van der Waals surface area contributed by atoms with Crippen LogP contribution in [0.3, 0.4) is 0 Å². The fraction of sp³-hybridized carbons (Fsp3) is 0.680. The first-order valence-corrected chi connectivity index (χ1v) is 11.8. The first kappa shape index (κ1) is 22.6. The number of carbonyl (C=O) groups excluding carboxylic acids is 3. The summed E-state index contributed by atoms with van der Waals surface area (Å²) < 4.78 is 2.09. The molecule has 3 heterocycles. The molecule has 1 aromatic rings. The maximum atomic E-state index is 13.3. The van der Waals surface area contributed by atoms with Gasteiger partial charge in [-0.25, -0.2) is 0 Å². The number of fused-ring (bicyclic) bond motifs is 1. The maximum Gasteiger partial charge on any atom is 0.224 e. The summed E-state index contributed by atoms with van der Waals surface area (Å²) in [4.78, 5) is 41.7. The second-order valence-electron chi connectivity index (χ2n) is 10.3. The van der Waals surface area contributed by atoms with Gasteiger partial charge in [0.25, 0.3) is 0 Å². The summed E-state index contributed by atoms with van der Waals surface area (Å²) in [7, 11) is 0. The molecule has 4 rings (SSSR count). The molecule has 2 aliphatic heterocycles. The normalized spacial score (nSPS) is 23.2. The summed E-state index contributed by atoms with van der Waals surface area (Å²) >= 11 is 0. The van der Waals surface area contributed by atoms with Gasteiger partial charge < -0.3 is 9.80 Å². The molecule has 1 aliphatic carbocycles. The first-order chi connectivity index (χ1) is 15.2. The molecular formula is C25H34N4O3. The molecule has 0 radical (unpaired) electrons. The Morgan fingerprint density at radius 2 is 1.88 bits per heavy atom. The highest BCUT2D eigenvalue weighted by atomic mass is 16.2. The lowest BCUT2D eigenvalue weighted by atomic mass is 9.75. The highest BCUT2D eigenvalue weighted by molar-refractivity contribution is 6.00. The lowest BCUT2D eigenvalue weighted by Gasteiger charge is -2.34. The lowest BCUT2D eigenvalue weighted by Crippen LogP contribution is -2.38. The van der Waals surface area contributed by atoms with E-state index in [9.17, 15) is 14.4 Å². The molecule has 7 nitrogen and oxygen atoms in total. The van der Waals surface area contributed by atoms with Crippen molar-refractivity contribution in [2.75, 3.05) is 19.6 Å². The number of piperidine rings is 1. The fourth-order valence-electron chi connectivity index (χ4n) is 5.63. The van der Waals surface area contributed by atoms with Crippen molar-refractivity contribution in [3.63, 3.8) is 0 Å². The molecule has 1 aromatic heterocycles. The Balaban J connectivity index is 1.70. The van der Waals surface area contributed by atoms with Gasteiger partial charge >= 0.3 is 0 Å². The predicted octanol–water partition coefficient (Wildman–Crippen LogP) is 3.30. The van der Waals surface area contributed by atoms with Crippen molar-refractivity contribution < 1.29 is 14.4 Å². The second kappa shape index (κ2) is 8.73. The van der Waals surface area contributed by atoms with Crippen molar-refractivity contribution in [2.45, 2.75) is 84.2 Å². The number of ketones is 1. The summed E-state index contributed by atoms with van der Waals surface area (Å²) in [5.74, 6) is 2.85. The van der Waals surface area contributed by atoms with Crippen LogP contribution in [0.15, 0.2) is 0 Å². The number of amides is 2. The zero-order chi connectivity index (χ0) is 23.0. The van der Waals surface area contributed by atoms with Crippen LogP contribution in [0.2, 0.25) is 0 Å². The Labute approximate surface area is 190 Å². The Hall–Kier alpha value is -2.62. The number of Topliss-reactive ketones (excluding diaryl/α,β-unsaturated/α-hetero) is 1. The highest BCUT2D eigenvalue weighted by Crippen LogP contribution is 2.43. The maximum absolute atomic E-state index is 13.3. The standard InChI is InChI=1S/C25H34N4O3/c1-5-6-9-22(32)28-12-7-8-19(28)24-23-20(15-25(3,4)16-21(23)31)29(26-24)18-10-13-27(14-11-18)17(2)30/h1,18-19H,6-16H2,2-4H3/t19-/m1/s1. The summed E-state index contributed by atoms with van der Waals surface area (Å²) in [6.07, 6.45) is 10.8. The third-order valence-corrected chi connectivity index (χ3v) is 7.23. The smallest absolute Gasteiger partial charge is 0.224 e. The molecule has 3 aliphatic rings. The van der Waals surface area contributed by atoms with E-state index in [2.05, 4.69) is 24.4 Å². The molecule has 0 spiro atoms. The van der Waals surface area contributed by atoms with Crippen molar-refractivity contribution in [3.05, 3.63) is 17.0 Å². The Kier molecular flexibility index (Phi) is 6.15. The van der Waals surface area contributed by atoms with Gasteiger partial charge in [0.2, 0.25) is 11.8 Å². The Bertz CT molecular complexity index is 963. The molecule has 1 atom stereocenters. The van der Waals surface area contributed by atoms with E-state index in [1.165, 1.54) is 0 Å². The number of hydrogen-bond acceptors (Lipinski definition) is 4. The number of hydrogen-bond donors (Lipinski definition) is 0. The molecule has 2 amide bonds. The van der Waals surface area contributed by atoms with Crippen molar-refractivity contribution in [2.24, 2.45) is 5.41 Å². The minimum Gasteiger partial charge on any atom is -0.343 e. The molecule has 0 aromatic carbocycles. The van der Waals surface area contributed by atoms with Gasteiger partial charge in [0.1, 0.15) is 0 Å². The van der Waals surface area contributed by atoms with E-state index in [1.807, 2.05) is 9.80 Å². The average molecular weight is 439 g/mol. The summed E-state index contributed by atoms with van der Waals surface area (Å²) in [6.45, 7) is 7.99. The number of aromatic nitrogens is 2. The fourth-order valence-corrected chi connectivity index (χ4v) is 5.63. The van der Waals surface area contributed by atoms with Crippen LogP contribution in [-0.4, -0.2) is 56.8 Å². The van der Waals surface area contributed by atoms with Gasteiger partial charge in [-0.1, -0.05) is 13.8 Å². The number of likely N-dealkylation sites (tertiary alicyclic amines) is 2. The van der Waals surface area contributed by atoms with Crippen molar-refractivity contribution in [3.8, 4) is 12.3 Å². The summed E-state index contributed by atoms with van der Waals surface area (Å²) in [5.41, 5.74) is 2.43. The van der Waals surface area contributed by atoms with Crippen LogP contribution in [0.5, 0.6) is 0 Å². The number of rotatable bonds is 4. The topological polar surface area (TPSA) is 75.5 Å². The van der Waals surface area contributed by atoms with Crippen LogP contribution in [0.4, 0.5) is 0 Å². The summed E-state index contributed by atoms with van der Waals surface area (Å²) in [6, 6.07) is 0.0135. The van der Waals surface area contributed by atoms with Gasteiger partial charge in [-0.05, 0) is 37.5 Å². The molecule has 0 saturated carbocycles. The SMILES string of the molecule is C#CCCC(=O)N1CCC[C@@H]1c1nn(C2CCN(C(C)=O)CC2)c2c1C(=O)CC(C)(C)C2. The van der Waals surface area contributed by atoms with Gasteiger partial charge in [-0.15, -0.1) is 12.3 Å². The molecule has 0 unspecified atom stereocenters. The van der Waals surface area contributed by atoms with E-state index in [4.69, 9.17) is 11.5 Å². The molecule has 0 N–H and O–H groups in total. The Morgan fingerprint density at radius 1 is 1.16 bits per heavy atom. The van der Waals surface area contributed by atoms with E-state index in [-0.39, 0.29) is 35.1 Å². The number of carbonyl (C=O) groups is 3. The minimum atomic E-state index is -0.155. The van der Waals surface area contributed by atoms with Crippen molar-refractivity contribution in [1.82, 2.24) is 19.6 Å². The quantitative estimate of drug-likeness (QED) is 0.676. The van der Waals surface area contributed by atoms with Gasteiger partial charge in [0.15, 0.2) is 5.78 Å². The van der Waals surface area contributed by atoms with Gasteiger partial charge in [0.05, 0.1) is 29.0 Å². The van der Waals surface area contributed by atoms with E-state index >= 15 is 0 Å². The van der Waals surface area contributed by atoms with Crippen LogP contribution in [-0.2, 0) is 16.0 Å². The molecule has 172 valence electrons. The van der Waals surface area contributed by atoms with E-state index in [0.29, 0.717) is 38.9 Å². The van der Waals surface area contributed by atoms with Gasteiger partial charge in [-0.3, -0.25) is 19.1 Å². The van der Waals surface area contributed by atoms with Gasteiger partial charge in [0, 0.05) is 45.8 Å². The molecule has 0 bridgehead atoms. The van der Waals surface area contributed by atoms with Crippen LogP contribution < -0.4 is 0 Å². The molecule has 2 fully saturated rings. The first-order valence-electron chi connectivity index (χ1n) is 11.8. The molecule has 7 heteroatoms. The highest BCUT2D eigenvalue weighted by Gasteiger charge is 2.42. The van der Waals surface area contributed by atoms with Crippen LogP contribution >= 0.6 is 0 Å². The largest absolute Gasteiger partial charge is 0.343 e. The molecule has 2 saturated heterocycles. The minimum absolute atomic E-state index is 0.0482. The lowest BCUT2D eigenvalue weighted by molar-refractivity contribution is -0.132. The molecule has 32 heavy (non-hydrogen) atoms. The van der Waals surface area contributed by atoms with Crippen molar-refractivity contribution in [1.29, 1.82) is 0 Å². The van der Waals surface area contributed by atoms with E-state index in [1.54, 1.807) is 6.92 Å². The second-order valence-corrected chi connectivity index (χ2v) is 10.3. The number of terminal acetylenes is 1.